The Balaban J connectivity index is 1.59. The molecule has 1 heterocycles. The fourth-order valence-electron chi connectivity index (χ4n) is 3.15. The molecule has 0 radical (unpaired) electrons. The smallest absolute Gasteiger partial charge is 0.318 e. The van der Waals surface area contributed by atoms with Crippen molar-refractivity contribution in [3.63, 3.8) is 0 Å². The number of amides is 1. The lowest BCUT2D eigenvalue weighted by molar-refractivity contribution is -0.394. The van der Waals surface area contributed by atoms with E-state index in [2.05, 4.69) is 10.3 Å². The summed E-state index contributed by atoms with van der Waals surface area (Å²) < 4.78 is 11.0. The SMILES string of the molecule is COc1cc(/C=C2\SC(=Nc3cccc(Cl)c3Cl)NC2=O)ccc1Oc1ccc([N+](=O)[O-])cc1[N+](=O)[O-]. The van der Waals surface area contributed by atoms with Crippen LogP contribution in [0.5, 0.6) is 17.2 Å². The molecule has 1 amide bonds. The number of rotatable bonds is 7. The third kappa shape index (κ3) is 5.82. The maximum Gasteiger partial charge on any atom is 0.318 e. The molecule has 1 aliphatic heterocycles. The minimum atomic E-state index is -0.779. The van der Waals surface area contributed by atoms with Gasteiger partial charge in [-0.05, 0) is 53.7 Å². The van der Waals surface area contributed by atoms with Crippen LogP contribution in [0.3, 0.4) is 0 Å². The normalized spacial score (nSPS) is 15.1. The van der Waals surface area contributed by atoms with Gasteiger partial charge < -0.3 is 14.8 Å². The molecule has 0 unspecified atom stereocenters. The van der Waals surface area contributed by atoms with Gasteiger partial charge in [0.15, 0.2) is 16.7 Å². The number of aliphatic imine (C=N–C) groups is 1. The average molecular weight is 561 g/mol. The van der Waals surface area contributed by atoms with Crippen molar-refractivity contribution in [2.75, 3.05) is 7.11 Å². The molecule has 3 aromatic rings. The predicted molar refractivity (Wildman–Crippen MR) is 140 cm³/mol. The van der Waals surface area contributed by atoms with Gasteiger partial charge in [-0.15, -0.1) is 0 Å². The number of nitrogens with one attached hydrogen (secondary N) is 1. The van der Waals surface area contributed by atoms with E-state index in [1.807, 2.05) is 0 Å². The minimum Gasteiger partial charge on any atom is -0.493 e. The zero-order chi connectivity index (χ0) is 26.7. The third-order valence-corrected chi connectivity index (χ3v) is 6.58. The maximum absolute atomic E-state index is 12.5. The fraction of sp³-hybridized carbons (Fsp3) is 0.0435. The Kier molecular flexibility index (Phi) is 7.62. The molecule has 0 spiro atoms. The van der Waals surface area contributed by atoms with Crippen LogP contribution in [-0.4, -0.2) is 28.0 Å². The van der Waals surface area contributed by atoms with Crippen molar-refractivity contribution in [1.29, 1.82) is 0 Å². The Morgan fingerprint density at radius 3 is 2.46 bits per heavy atom. The van der Waals surface area contributed by atoms with E-state index in [9.17, 15) is 25.0 Å². The number of benzene rings is 3. The molecular formula is C23H14Cl2N4O7S. The van der Waals surface area contributed by atoms with Crippen LogP contribution in [0.4, 0.5) is 17.1 Å². The Bertz CT molecular complexity index is 1510. The van der Waals surface area contributed by atoms with E-state index in [0.29, 0.717) is 26.3 Å². The first kappa shape index (κ1) is 25.9. The summed E-state index contributed by atoms with van der Waals surface area (Å²) in [5.74, 6) is -0.234. The number of methoxy groups -OCH3 is 1. The number of nitrogens with zero attached hydrogens (tertiary/aromatic N) is 3. The van der Waals surface area contributed by atoms with Crippen LogP contribution < -0.4 is 14.8 Å². The van der Waals surface area contributed by atoms with Crippen molar-refractivity contribution >= 4 is 69.2 Å². The van der Waals surface area contributed by atoms with Gasteiger partial charge in [0, 0.05) is 6.07 Å². The summed E-state index contributed by atoms with van der Waals surface area (Å²) in [6.45, 7) is 0. The van der Waals surface area contributed by atoms with Crippen molar-refractivity contribution in [3.8, 4) is 17.2 Å². The second-order valence-electron chi connectivity index (χ2n) is 7.23. The van der Waals surface area contributed by atoms with Gasteiger partial charge in [0.25, 0.3) is 11.6 Å². The number of ether oxygens (including phenoxy) is 2. The van der Waals surface area contributed by atoms with Crippen molar-refractivity contribution in [2.24, 2.45) is 4.99 Å². The molecule has 4 rings (SSSR count). The van der Waals surface area contributed by atoms with Crippen LogP contribution in [0.15, 0.2) is 64.5 Å². The molecule has 0 aliphatic carbocycles. The highest BCUT2D eigenvalue weighted by Crippen LogP contribution is 2.39. The van der Waals surface area contributed by atoms with Crippen LogP contribution in [0.1, 0.15) is 5.56 Å². The number of carbonyl (C=O) groups is 1. The van der Waals surface area contributed by atoms with Crippen molar-refractivity contribution < 1.29 is 24.1 Å². The Morgan fingerprint density at radius 2 is 1.76 bits per heavy atom. The standard InChI is InChI=1S/C23H14Cl2N4O7S/c1-35-19-9-12(5-7-18(19)36-17-8-6-13(28(31)32)11-16(17)29(33)34)10-20-22(30)27-23(37-20)26-15-4-2-3-14(24)21(15)25/h2-11H,1H3,(H,26,27,30)/b20-10-. The molecular weight excluding hydrogens is 547 g/mol. The molecule has 0 saturated carbocycles. The molecule has 1 saturated heterocycles. The molecule has 0 aromatic heterocycles. The van der Waals surface area contributed by atoms with E-state index in [0.717, 1.165) is 30.0 Å². The number of thioether (sulfide) groups is 1. The molecule has 3 aromatic carbocycles. The second-order valence-corrected chi connectivity index (χ2v) is 9.05. The number of nitro benzene ring substituents is 2. The van der Waals surface area contributed by atoms with Crippen molar-refractivity contribution in [2.45, 2.75) is 0 Å². The van der Waals surface area contributed by atoms with Gasteiger partial charge in [0.05, 0.1) is 43.7 Å². The van der Waals surface area contributed by atoms with Gasteiger partial charge in [0.2, 0.25) is 5.75 Å². The molecule has 0 atom stereocenters. The molecule has 1 aliphatic rings. The summed E-state index contributed by atoms with van der Waals surface area (Å²) in [7, 11) is 1.37. The largest absolute Gasteiger partial charge is 0.493 e. The molecule has 1 N–H and O–H groups in total. The lowest BCUT2D eigenvalue weighted by Gasteiger charge is -2.11. The molecule has 1 fully saturated rings. The van der Waals surface area contributed by atoms with Gasteiger partial charge in [0.1, 0.15) is 0 Å². The average Bonchev–Trinajstić information content (AvgIpc) is 3.21. The number of non-ortho nitro benzene ring substituents is 1. The number of carbonyl (C=O) groups excluding carboxylic acids is 1. The van der Waals surface area contributed by atoms with Crippen LogP contribution >= 0.6 is 35.0 Å². The van der Waals surface area contributed by atoms with E-state index < -0.39 is 21.2 Å². The summed E-state index contributed by atoms with van der Waals surface area (Å²) in [6, 6.07) is 12.7. The predicted octanol–water partition coefficient (Wildman–Crippen LogP) is 6.50. The van der Waals surface area contributed by atoms with E-state index in [-0.39, 0.29) is 28.2 Å². The highest BCUT2D eigenvalue weighted by molar-refractivity contribution is 8.18. The van der Waals surface area contributed by atoms with Crippen LogP contribution in [-0.2, 0) is 4.79 Å². The van der Waals surface area contributed by atoms with Gasteiger partial charge in [-0.25, -0.2) is 4.99 Å². The lowest BCUT2D eigenvalue weighted by atomic mass is 10.2. The third-order valence-electron chi connectivity index (χ3n) is 4.86. The first-order valence-electron chi connectivity index (χ1n) is 10.2. The van der Waals surface area contributed by atoms with E-state index >= 15 is 0 Å². The quantitative estimate of drug-likeness (QED) is 0.195. The first-order chi connectivity index (χ1) is 17.7. The highest BCUT2D eigenvalue weighted by atomic mass is 35.5. The maximum atomic E-state index is 12.5. The summed E-state index contributed by atoms with van der Waals surface area (Å²) in [5.41, 5.74) is -0.0437. The van der Waals surface area contributed by atoms with E-state index in [1.54, 1.807) is 36.4 Å². The van der Waals surface area contributed by atoms with Crippen LogP contribution in [0, 0.1) is 20.2 Å². The number of nitro groups is 2. The fourth-order valence-corrected chi connectivity index (χ4v) is 4.32. The zero-order valence-corrected chi connectivity index (χ0v) is 21.0. The highest BCUT2D eigenvalue weighted by Gasteiger charge is 2.25. The number of hydrogen-bond acceptors (Lipinski definition) is 9. The molecule has 11 nitrogen and oxygen atoms in total. The molecule has 188 valence electrons. The van der Waals surface area contributed by atoms with Crippen molar-refractivity contribution in [3.05, 3.63) is 95.3 Å². The van der Waals surface area contributed by atoms with Gasteiger partial charge in [-0.1, -0.05) is 35.3 Å². The van der Waals surface area contributed by atoms with Gasteiger partial charge >= 0.3 is 5.69 Å². The van der Waals surface area contributed by atoms with Crippen molar-refractivity contribution in [1.82, 2.24) is 5.32 Å². The number of amidine groups is 1. The van der Waals surface area contributed by atoms with E-state index in [4.69, 9.17) is 32.7 Å². The Labute approximate surface area is 223 Å². The van der Waals surface area contributed by atoms with Crippen LogP contribution in [0.2, 0.25) is 10.0 Å². The summed E-state index contributed by atoms with van der Waals surface area (Å²) in [6.07, 6.45) is 1.60. The monoisotopic (exact) mass is 560 g/mol. The first-order valence-corrected chi connectivity index (χ1v) is 11.8. The molecule has 37 heavy (non-hydrogen) atoms. The minimum absolute atomic E-state index is 0.128. The molecule has 0 bridgehead atoms. The topological polar surface area (TPSA) is 146 Å². The summed E-state index contributed by atoms with van der Waals surface area (Å²) >= 11 is 13.3. The van der Waals surface area contributed by atoms with E-state index in [1.165, 1.54) is 13.2 Å². The second kappa shape index (κ2) is 10.9. The van der Waals surface area contributed by atoms with Gasteiger partial charge in [-0.3, -0.25) is 25.0 Å². The van der Waals surface area contributed by atoms with Crippen LogP contribution in [0.25, 0.3) is 6.08 Å². The number of hydrogen-bond donors (Lipinski definition) is 1. The Hall–Kier alpha value is -4.13. The summed E-state index contributed by atoms with van der Waals surface area (Å²) in [4.78, 5) is 38.0. The molecule has 14 heteroatoms. The Morgan fingerprint density at radius 1 is 1.00 bits per heavy atom. The lowest BCUT2D eigenvalue weighted by Crippen LogP contribution is -2.19. The zero-order valence-electron chi connectivity index (χ0n) is 18.6. The number of halogens is 2. The summed E-state index contributed by atoms with van der Waals surface area (Å²) in [5, 5.41) is 25.9. The van der Waals surface area contributed by atoms with Gasteiger partial charge in [-0.2, -0.15) is 0 Å².